The zero-order chi connectivity index (χ0) is 10.7. The van der Waals surface area contributed by atoms with Crippen LogP contribution in [-0.4, -0.2) is 23.8 Å². The first kappa shape index (κ1) is 11.4. The zero-order valence-electron chi connectivity index (χ0n) is 9.97. The molecular formula is C13H25NO. The SMILES string of the molecule is CCCNC1(CO)CCCC(C2CC2)C1. The molecule has 0 heterocycles. The molecule has 2 atom stereocenters. The number of hydrogen-bond donors (Lipinski definition) is 2. The lowest BCUT2D eigenvalue weighted by atomic mass is 9.74. The average molecular weight is 211 g/mol. The van der Waals surface area contributed by atoms with Gasteiger partial charge in [0, 0.05) is 5.54 Å². The van der Waals surface area contributed by atoms with Gasteiger partial charge in [0.2, 0.25) is 0 Å². The molecule has 15 heavy (non-hydrogen) atoms. The number of aliphatic hydroxyl groups is 1. The quantitative estimate of drug-likeness (QED) is 0.731. The van der Waals surface area contributed by atoms with Gasteiger partial charge < -0.3 is 10.4 Å². The van der Waals surface area contributed by atoms with Crippen LogP contribution >= 0.6 is 0 Å². The predicted molar refractivity (Wildman–Crippen MR) is 62.8 cm³/mol. The molecule has 2 saturated carbocycles. The van der Waals surface area contributed by atoms with Gasteiger partial charge in [-0.2, -0.15) is 0 Å². The van der Waals surface area contributed by atoms with Crippen LogP contribution in [-0.2, 0) is 0 Å². The molecule has 0 aliphatic heterocycles. The first-order valence-corrected chi connectivity index (χ1v) is 6.65. The summed E-state index contributed by atoms with van der Waals surface area (Å²) in [4.78, 5) is 0. The Kier molecular flexibility index (Phi) is 3.68. The molecule has 2 nitrogen and oxygen atoms in total. The van der Waals surface area contributed by atoms with Crippen molar-refractivity contribution in [3.8, 4) is 0 Å². The minimum atomic E-state index is 0.0709. The molecule has 0 bridgehead atoms. The fourth-order valence-electron chi connectivity index (χ4n) is 3.13. The van der Waals surface area contributed by atoms with E-state index in [0.717, 1.165) is 24.8 Å². The highest BCUT2D eigenvalue weighted by Crippen LogP contribution is 2.46. The van der Waals surface area contributed by atoms with Gasteiger partial charge in [-0.1, -0.05) is 19.8 Å². The highest BCUT2D eigenvalue weighted by molar-refractivity contribution is 4.97. The summed E-state index contributed by atoms with van der Waals surface area (Å²) >= 11 is 0. The average Bonchev–Trinajstić information content (AvgIpc) is 3.11. The van der Waals surface area contributed by atoms with Crippen LogP contribution in [0.3, 0.4) is 0 Å². The molecule has 2 heteroatoms. The zero-order valence-corrected chi connectivity index (χ0v) is 9.97. The summed E-state index contributed by atoms with van der Waals surface area (Å²) in [6, 6.07) is 0. The summed E-state index contributed by atoms with van der Waals surface area (Å²) in [5.41, 5.74) is 0.0709. The molecule has 0 radical (unpaired) electrons. The Morgan fingerprint density at radius 1 is 1.27 bits per heavy atom. The van der Waals surface area contributed by atoms with Gasteiger partial charge in [-0.05, 0) is 50.5 Å². The molecule has 0 aromatic heterocycles. The molecule has 2 aliphatic carbocycles. The van der Waals surface area contributed by atoms with Crippen molar-refractivity contribution in [2.45, 2.75) is 57.4 Å². The van der Waals surface area contributed by atoms with E-state index in [1.165, 1.54) is 38.5 Å². The van der Waals surface area contributed by atoms with Crippen molar-refractivity contribution >= 4 is 0 Å². The topological polar surface area (TPSA) is 32.3 Å². The molecule has 0 amide bonds. The summed E-state index contributed by atoms with van der Waals surface area (Å²) in [6.45, 7) is 3.58. The molecular weight excluding hydrogens is 186 g/mol. The van der Waals surface area contributed by atoms with Crippen LogP contribution in [0.2, 0.25) is 0 Å². The first-order chi connectivity index (χ1) is 7.29. The Bertz CT molecular complexity index is 203. The fourth-order valence-corrected chi connectivity index (χ4v) is 3.13. The lowest BCUT2D eigenvalue weighted by Crippen LogP contribution is -2.52. The summed E-state index contributed by atoms with van der Waals surface area (Å²) in [5, 5.41) is 13.2. The maximum Gasteiger partial charge on any atom is 0.0613 e. The second-order valence-corrected chi connectivity index (χ2v) is 5.56. The maximum atomic E-state index is 9.63. The van der Waals surface area contributed by atoms with E-state index in [0.29, 0.717) is 6.61 Å². The normalized spacial score (nSPS) is 36.8. The van der Waals surface area contributed by atoms with Crippen LogP contribution in [0.15, 0.2) is 0 Å². The van der Waals surface area contributed by atoms with Gasteiger partial charge in [0.25, 0.3) is 0 Å². The highest BCUT2D eigenvalue weighted by Gasteiger charge is 2.41. The van der Waals surface area contributed by atoms with E-state index in [2.05, 4.69) is 12.2 Å². The molecule has 2 unspecified atom stereocenters. The smallest absolute Gasteiger partial charge is 0.0613 e. The summed E-state index contributed by atoms with van der Waals surface area (Å²) in [7, 11) is 0. The van der Waals surface area contributed by atoms with Gasteiger partial charge in [0.15, 0.2) is 0 Å². The standard InChI is InChI=1S/C13H25NO/c1-2-8-14-13(10-15)7-3-4-12(9-13)11-5-6-11/h11-12,14-15H,2-10H2,1H3. The summed E-state index contributed by atoms with van der Waals surface area (Å²) < 4.78 is 0. The lowest BCUT2D eigenvalue weighted by molar-refractivity contribution is 0.0892. The molecule has 0 aromatic rings. The Hall–Kier alpha value is -0.0800. The van der Waals surface area contributed by atoms with Crippen LogP contribution in [0.25, 0.3) is 0 Å². The van der Waals surface area contributed by atoms with Crippen molar-refractivity contribution in [1.82, 2.24) is 5.32 Å². The van der Waals surface area contributed by atoms with Crippen LogP contribution in [0.1, 0.15) is 51.9 Å². The van der Waals surface area contributed by atoms with Gasteiger partial charge in [-0.25, -0.2) is 0 Å². The summed E-state index contributed by atoms with van der Waals surface area (Å²) in [6.07, 6.45) is 9.15. The van der Waals surface area contributed by atoms with Crippen molar-refractivity contribution < 1.29 is 5.11 Å². The van der Waals surface area contributed by atoms with E-state index in [-0.39, 0.29) is 5.54 Å². The second kappa shape index (κ2) is 4.84. The summed E-state index contributed by atoms with van der Waals surface area (Å²) in [5.74, 6) is 1.90. The third-order valence-corrected chi connectivity index (χ3v) is 4.22. The number of hydrogen-bond acceptors (Lipinski definition) is 2. The first-order valence-electron chi connectivity index (χ1n) is 6.65. The van der Waals surface area contributed by atoms with Gasteiger partial charge in [-0.3, -0.25) is 0 Å². The number of nitrogens with one attached hydrogen (secondary N) is 1. The van der Waals surface area contributed by atoms with Gasteiger partial charge in [0.1, 0.15) is 0 Å². The van der Waals surface area contributed by atoms with E-state index in [4.69, 9.17) is 0 Å². The van der Waals surface area contributed by atoms with E-state index >= 15 is 0 Å². The predicted octanol–water partition coefficient (Wildman–Crippen LogP) is 2.32. The van der Waals surface area contributed by atoms with Crippen LogP contribution in [0.5, 0.6) is 0 Å². The lowest BCUT2D eigenvalue weighted by Gasteiger charge is -2.41. The maximum absolute atomic E-state index is 9.63. The largest absolute Gasteiger partial charge is 0.394 e. The molecule has 0 saturated heterocycles. The Labute approximate surface area is 93.5 Å². The monoisotopic (exact) mass is 211 g/mol. The Morgan fingerprint density at radius 2 is 2.07 bits per heavy atom. The van der Waals surface area contributed by atoms with Crippen molar-refractivity contribution in [3.05, 3.63) is 0 Å². The van der Waals surface area contributed by atoms with E-state index in [1.807, 2.05) is 0 Å². The molecule has 2 aliphatic rings. The third-order valence-electron chi connectivity index (χ3n) is 4.22. The number of aliphatic hydroxyl groups excluding tert-OH is 1. The van der Waals surface area contributed by atoms with Crippen LogP contribution in [0, 0.1) is 11.8 Å². The second-order valence-electron chi connectivity index (χ2n) is 5.56. The van der Waals surface area contributed by atoms with E-state index < -0.39 is 0 Å². The Morgan fingerprint density at radius 3 is 2.67 bits per heavy atom. The minimum Gasteiger partial charge on any atom is -0.394 e. The van der Waals surface area contributed by atoms with E-state index in [1.54, 1.807) is 0 Å². The molecule has 0 aromatic carbocycles. The molecule has 0 spiro atoms. The Balaban J connectivity index is 1.90. The van der Waals surface area contributed by atoms with E-state index in [9.17, 15) is 5.11 Å². The molecule has 88 valence electrons. The van der Waals surface area contributed by atoms with Crippen LogP contribution in [0.4, 0.5) is 0 Å². The van der Waals surface area contributed by atoms with Crippen molar-refractivity contribution in [3.63, 3.8) is 0 Å². The van der Waals surface area contributed by atoms with Crippen molar-refractivity contribution in [1.29, 1.82) is 0 Å². The molecule has 2 N–H and O–H groups in total. The van der Waals surface area contributed by atoms with Gasteiger partial charge >= 0.3 is 0 Å². The van der Waals surface area contributed by atoms with Crippen LogP contribution < -0.4 is 5.32 Å². The fraction of sp³-hybridized carbons (Fsp3) is 1.00. The highest BCUT2D eigenvalue weighted by atomic mass is 16.3. The van der Waals surface area contributed by atoms with Gasteiger partial charge in [-0.15, -0.1) is 0 Å². The van der Waals surface area contributed by atoms with Crippen molar-refractivity contribution in [2.75, 3.05) is 13.2 Å². The minimum absolute atomic E-state index is 0.0709. The van der Waals surface area contributed by atoms with Gasteiger partial charge in [0.05, 0.1) is 6.61 Å². The number of rotatable bonds is 5. The molecule has 2 fully saturated rings. The molecule has 2 rings (SSSR count). The third kappa shape index (κ3) is 2.73. The van der Waals surface area contributed by atoms with Crippen molar-refractivity contribution in [2.24, 2.45) is 11.8 Å².